The second-order valence-electron chi connectivity index (χ2n) is 7.13. The summed E-state index contributed by atoms with van der Waals surface area (Å²) in [6.07, 6.45) is 11.5. The standard InChI is InChI=1S/C22H32O3S.K/c1-3-5-7-9-12-18-16-17-21-20(19(18)13-10-8-6-4-2)14-11-15-22(21)26(23,24)25;/h11,14-17H,3-10,12-13H2,1-2H3,(H,23,24,25);/q;+1/p-1. The van der Waals surface area contributed by atoms with Crippen LogP contribution in [0.15, 0.2) is 35.2 Å². The van der Waals surface area contributed by atoms with Crippen molar-refractivity contribution in [1.29, 1.82) is 0 Å². The third-order valence-corrected chi connectivity index (χ3v) is 5.97. The predicted molar refractivity (Wildman–Crippen MR) is 108 cm³/mol. The van der Waals surface area contributed by atoms with Crippen LogP contribution in [0.25, 0.3) is 10.8 Å². The van der Waals surface area contributed by atoms with E-state index in [2.05, 4.69) is 13.8 Å². The van der Waals surface area contributed by atoms with Gasteiger partial charge in [-0.3, -0.25) is 0 Å². The molecule has 0 bridgehead atoms. The fourth-order valence-electron chi connectivity index (χ4n) is 3.65. The molecule has 0 radical (unpaired) electrons. The zero-order valence-corrected chi connectivity index (χ0v) is 21.0. The van der Waals surface area contributed by atoms with Crippen molar-refractivity contribution >= 4 is 20.9 Å². The van der Waals surface area contributed by atoms with Gasteiger partial charge in [0.2, 0.25) is 0 Å². The summed E-state index contributed by atoms with van der Waals surface area (Å²) in [7, 11) is -4.46. The van der Waals surface area contributed by atoms with E-state index in [0.29, 0.717) is 5.39 Å². The molecule has 0 aliphatic rings. The van der Waals surface area contributed by atoms with Crippen LogP contribution in [0.4, 0.5) is 0 Å². The molecule has 2 rings (SSSR count). The van der Waals surface area contributed by atoms with Crippen molar-refractivity contribution in [3.63, 3.8) is 0 Å². The number of benzene rings is 2. The largest absolute Gasteiger partial charge is 1.00 e. The van der Waals surface area contributed by atoms with Gasteiger partial charge in [-0.2, -0.15) is 0 Å². The Balaban J connectivity index is 0.00000364. The molecule has 0 heterocycles. The first kappa shape index (κ1) is 25.3. The van der Waals surface area contributed by atoms with Gasteiger partial charge in [-0.05, 0) is 53.6 Å². The smallest absolute Gasteiger partial charge is 0.744 e. The van der Waals surface area contributed by atoms with Crippen molar-refractivity contribution in [1.82, 2.24) is 0 Å². The van der Waals surface area contributed by atoms with E-state index in [4.69, 9.17) is 0 Å². The molecule has 2 aromatic carbocycles. The van der Waals surface area contributed by atoms with Crippen LogP contribution < -0.4 is 51.4 Å². The SMILES string of the molecule is CCCCCCc1ccc2c(S(=O)(=O)[O-])cccc2c1CCCCCC.[K+]. The van der Waals surface area contributed by atoms with Gasteiger partial charge < -0.3 is 4.55 Å². The fraction of sp³-hybridized carbons (Fsp3) is 0.545. The molecular formula is C22H31KO3S. The second-order valence-corrected chi connectivity index (χ2v) is 8.48. The quantitative estimate of drug-likeness (QED) is 0.323. The molecule has 0 fully saturated rings. The van der Waals surface area contributed by atoms with Crippen LogP contribution in [0.3, 0.4) is 0 Å². The molecule has 0 aliphatic heterocycles. The van der Waals surface area contributed by atoms with Crippen molar-refractivity contribution in [2.75, 3.05) is 0 Å². The van der Waals surface area contributed by atoms with E-state index < -0.39 is 10.1 Å². The van der Waals surface area contributed by atoms with E-state index in [1.807, 2.05) is 18.2 Å². The third-order valence-electron chi connectivity index (χ3n) is 5.08. The fourth-order valence-corrected chi connectivity index (χ4v) is 4.35. The Kier molecular flexibility index (Phi) is 11.9. The van der Waals surface area contributed by atoms with Gasteiger partial charge in [0.05, 0.1) is 4.90 Å². The van der Waals surface area contributed by atoms with Gasteiger partial charge in [-0.25, -0.2) is 8.42 Å². The molecule has 0 N–H and O–H groups in total. The Morgan fingerprint density at radius 3 is 2.00 bits per heavy atom. The maximum atomic E-state index is 11.6. The molecule has 27 heavy (non-hydrogen) atoms. The maximum absolute atomic E-state index is 11.6. The van der Waals surface area contributed by atoms with Crippen LogP contribution in [0.5, 0.6) is 0 Å². The van der Waals surface area contributed by atoms with Gasteiger partial charge in [0.15, 0.2) is 0 Å². The molecule has 0 aliphatic carbocycles. The maximum Gasteiger partial charge on any atom is 1.00 e. The topological polar surface area (TPSA) is 57.2 Å². The van der Waals surface area contributed by atoms with Gasteiger partial charge in [-0.15, -0.1) is 0 Å². The molecular weight excluding hydrogens is 383 g/mol. The Morgan fingerprint density at radius 2 is 1.41 bits per heavy atom. The average molecular weight is 415 g/mol. The summed E-state index contributed by atoms with van der Waals surface area (Å²) in [6, 6.07) is 8.95. The Hall–Kier alpha value is 0.246. The van der Waals surface area contributed by atoms with Crippen LogP contribution in [-0.2, 0) is 23.0 Å². The third kappa shape index (κ3) is 7.54. The zero-order valence-electron chi connectivity index (χ0n) is 17.1. The summed E-state index contributed by atoms with van der Waals surface area (Å²) in [6.45, 7) is 4.41. The number of hydrogen-bond donors (Lipinski definition) is 0. The molecule has 0 amide bonds. The van der Waals surface area contributed by atoms with Crippen molar-refractivity contribution in [2.24, 2.45) is 0 Å². The predicted octanol–water partition coefficient (Wildman–Crippen LogP) is 2.99. The van der Waals surface area contributed by atoms with Crippen molar-refractivity contribution in [3.8, 4) is 0 Å². The first-order chi connectivity index (χ1) is 12.5. The molecule has 144 valence electrons. The van der Waals surface area contributed by atoms with Gasteiger partial charge in [0, 0.05) is 0 Å². The van der Waals surface area contributed by atoms with Gasteiger partial charge in [0.1, 0.15) is 10.1 Å². The summed E-state index contributed by atoms with van der Waals surface area (Å²) >= 11 is 0. The van der Waals surface area contributed by atoms with Crippen LogP contribution in [0, 0.1) is 0 Å². The Morgan fingerprint density at radius 1 is 0.778 bits per heavy atom. The number of aryl methyl sites for hydroxylation is 2. The number of unbranched alkanes of at least 4 members (excludes halogenated alkanes) is 6. The summed E-state index contributed by atoms with van der Waals surface area (Å²) in [5, 5.41) is 1.51. The average Bonchev–Trinajstić information content (AvgIpc) is 2.61. The number of hydrogen-bond acceptors (Lipinski definition) is 3. The minimum absolute atomic E-state index is 0. The summed E-state index contributed by atoms with van der Waals surface area (Å²) < 4.78 is 34.9. The first-order valence-electron chi connectivity index (χ1n) is 9.98. The van der Waals surface area contributed by atoms with Crippen molar-refractivity contribution in [3.05, 3.63) is 41.5 Å². The molecule has 0 unspecified atom stereocenters. The van der Waals surface area contributed by atoms with Crippen LogP contribution in [-0.4, -0.2) is 13.0 Å². The summed E-state index contributed by atoms with van der Waals surface area (Å²) in [5.74, 6) is 0. The van der Waals surface area contributed by atoms with E-state index >= 15 is 0 Å². The minimum atomic E-state index is -4.46. The number of rotatable bonds is 11. The van der Waals surface area contributed by atoms with E-state index in [1.165, 1.54) is 55.7 Å². The van der Waals surface area contributed by atoms with Crippen molar-refractivity contribution in [2.45, 2.75) is 83.0 Å². The first-order valence-corrected chi connectivity index (χ1v) is 11.4. The van der Waals surface area contributed by atoms with Gasteiger partial charge in [0.25, 0.3) is 0 Å². The van der Waals surface area contributed by atoms with Crippen LogP contribution in [0.2, 0.25) is 0 Å². The summed E-state index contributed by atoms with van der Waals surface area (Å²) in [5.41, 5.74) is 2.55. The van der Waals surface area contributed by atoms with E-state index in [1.54, 1.807) is 6.07 Å². The van der Waals surface area contributed by atoms with E-state index in [-0.39, 0.29) is 56.3 Å². The molecule has 0 aromatic heterocycles. The second kappa shape index (κ2) is 12.7. The Bertz CT molecular complexity index is 816. The van der Waals surface area contributed by atoms with Gasteiger partial charge >= 0.3 is 51.4 Å². The Labute approximate surface area is 207 Å². The molecule has 0 atom stereocenters. The molecule has 2 aromatic rings. The van der Waals surface area contributed by atoms with Crippen LogP contribution in [0.1, 0.15) is 76.3 Å². The van der Waals surface area contributed by atoms with E-state index in [9.17, 15) is 13.0 Å². The number of fused-ring (bicyclic) bond motifs is 1. The molecule has 3 nitrogen and oxygen atoms in total. The van der Waals surface area contributed by atoms with E-state index in [0.717, 1.165) is 31.1 Å². The molecule has 0 saturated carbocycles. The zero-order chi connectivity index (χ0) is 19.0. The summed E-state index contributed by atoms with van der Waals surface area (Å²) in [4.78, 5) is -0.0951. The van der Waals surface area contributed by atoms with Gasteiger partial charge in [-0.1, -0.05) is 76.6 Å². The van der Waals surface area contributed by atoms with Crippen molar-refractivity contribution < 1.29 is 64.4 Å². The van der Waals surface area contributed by atoms with Crippen LogP contribution >= 0.6 is 0 Å². The molecule has 0 saturated heterocycles. The molecule has 5 heteroatoms. The normalized spacial score (nSPS) is 11.5. The minimum Gasteiger partial charge on any atom is -0.744 e. The monoisotopic (exact) mass is 414 g/mol. The molecule has 0 spiro atoms.